The molecule has 7 nitrogen and oxygen atoms in total. The SMILES string of the molecule is CC1Cc2ccc(CC3CCN(C)CC3)cc2C(C)CC=C1c1ccc2nc(-c3ccc(OCCOCCOCCN)cc3)[nH]c2c1. The van der Waals surface area contributed by atoms with Crippen molar-refractivity contribution in [1.29, 1.82) is 0 Å². The Bertz CT molecular complexity index is 1620. The van der Waals surface area contributed by atoms with E-state index in [1.807, 2.05) is 24.3 Å². The number of fused-ring (bicyclic) bond motifs is 2. The number of likely N-dealkylation sites (tertiary alicyclic amines) is 1. The molecule has 47 heavy (non-hydrogen) atoms. The lowest BCUT2D eigenvalue weighted by atomic mass is 9.79. The van der Waals surface area contributed by atoms with Gasteiger partial charge in [-0.2, -0.15) is 0 Å². The van der Waals surface area contributed by atoms with Crippen molar-refractivity contribution < 1.29 is 14.2 Å². The monoisotopic (exact) mass is 636 g/mol. The molecule has 1 aliphatic carbocycles. The van der Waals surface area contributed by atoms with Gasteiger partial charge >= 0.3 is 0 Å². The third-order valence-corrected chi connectivity index (χ3v) is 9.93. The van der Waals surface area contributed by atoms with Crippen molar-refractivity contribution in [1.82, 2.24) is 14.9 Å². The van der Waals surface area contributed by atoms with Gasteiger partial charge in [-0.15, -0.1) is 0 Å². The Balaban J connectivity index is 1.08. The second-order valence-electron chi connectivity index (χ2n) is 13.6. The Morgan fingerprint density at radius 3 is 2.38 bits per heavy atom. The smallest absolute Gasteiger partial charge is 0.138 e. The van der Waals surface area contributed by atoms with E-state index in [9.17, 15) is 0 Å². The fraction of sp³-hybridized carbons (Fsp3) is 0.475. The molecule has 0 amide bonds. The Labute approximate surface area is 280 Å². The highest BCUT2D eigenvalue weighted by atomic mass is 16.5. The molecule has 3 N–H and O–H groups in total. The molecule has 7 heteroatoms. The summed E-state index contributed by atoms with van der Waals surface area (Å²) in [5.74, 6) is 3.43. The zero-order valence-electron chi connectivity index (χ0n) is 28.5. The average molecular weight is 637 g/mol. The van der Waals surface area contributed by atoms with Crippen molar-refractivity contribution in [3.8, 4) is 17.1 Å². The molecule has 250 valence electrons. The number of aromatic amines is 1. The second kappa shape index (κ2) is 16.1. The molecule has 1 saturated heterocycles. The fourth-order valence-corrected chi connectivity index (χ4v) is 7.15. The number of imidazole rings is 1. The average Bonchev–Trinajstić information content (AvgIpc) is 3.51. The first-order chi connectivity index (χ1) is 23.0. The van der Waals surface area contributed by atoms with Crippen molar-refractivity contribution in [2.45, 2.75) is 51.9 Å². The van der Waals surface area contributed by atoms with Gasteiger partial charge in [0, 0.05) is 12.1 Å². The number of nitrogens with one attached hydrogen (secondary N) is 1. The van der Waals surface area contributed by atoms with Crippen LogP contribution in [0.15, 0.2) is 66.7 Å². The number of allylic oxidation sites excluding steroid dienone is 2. The van der Waals surface area contributed by atoms with E-state index in [1.165, 1.54) is 54.6 Å². The molecule has 0 bridgehead atoms. The minimum absolute atomic E-state index is 0.434. The van der Waals surface area contributed by atoms with Gasteiger partial charge in [0.05, 0.1) is 37.5 Å². The lowest BCUT2D eigenvalue weighted by molar-refractivity contribution is 0.0388. The number of rotatable bonds is 13. The van der Waals surface area contributed by atoms with Gasteiger partial charge in [0.25, 0.3) is 0 Å². The molecule has 4 aromatic rings. The van der Waals surface area contributed by atoms with Crippen LogP contribution in [0.4, 0.5) is 0 Å². The summed E-state index contributed by atoms with van der Waals surface area (Å²) < 4.78 is 16.7. The number of piperidine rings is 1. The molecular formula is C40H52N4O3. The Morgan fingerprint density at radius 1 is 0.851 bits per heavy atom. The molecule has 2 heterocycles. The van der Waals surface area contributed by atoms with E-state index in [0.29, 0.717) is 51.4 Å². The summed E-state index contributed by atoms with van der Waals surface area (Å²) in [5.41, 5.74) is 15.8. The molecule has 6 rings (SSSR count). The molecule has 2 aliphatic rings. The molecule has 0 saturated carbocycles. The van der Waals surface area contributed by atoms with Gasteiger partial charge < -0.3 is 29.8 Å². The number of nitrogens with two attached hydrogens (primary N) is 1. The van der Waals surface area contributed by atoms with Crippen LogP contribution in [-0.4, -0.2) is 74.6 Å². The van der Waals surface area contributed by atoms with E-state index >= 15 is 0 Å². The number of H-pyrrole nitrogens is 1. The third kappa shape index (κ3) is 8.71. The molecule has 0 spiro atoms. The summed E-state index contributed by atoms with van der Waals surface area (Å²) in [6.07, 6.45) is 8.48. The van der Waals surface area contributed by atoms with Gasteiger partial charge in [-0.25, -0.2) is 4.98 Å². The first-order valence-electron chi connectivity index (χ1n) is 17.6. The van der Waals surface area contributed by atoms with Crippen molar-refractivity contribution in [2.75, 3.05) is 59.7 Å². The summed E-state index contributed by atoms with van der Waals surface area (Å²) in [5, 5.41) is 0. The fourth-order valence-electron chi connectivity index (χ4n) is 7.15. The topological polar surface area (TPSA) is 85.6 Å². The minimum atomic E-state index is 0.434. The van der Waals surface area contributed by atoms with Crippen LogP contribution in [0, 0.1) is 11.8 Å². The van der Waals surface area contributed by atoms with E-state index in [2.05, 4.69) is 73.3 Å². The highest BCUT2D eigenvalue weighted by molar-refractivity contribution is 5.84. The van der Waals surface area contributed by atoms with Crippen LogP contribution >= 0.6 is 0 Å². The second-order valence-corrected chi connectivity index (χ2v) is 13.6. The predicted octanol–water partition coefficient (Wildman–Crippen LogP) is 7.25. The van der Waals surface area contributed by atoms with Crippen LogP contribution in [0.25, 0.3) is 28.0 Å². The zero-order valence-corrected chi connectivity index (χ0v) is 28.5. The number of nitrogens with zero attached hydrogens (tertiary/aromatic N) is 2. The van der Waals surface area contributed by atoms with E-state index in [-0.39, 0.29) is 0 Å². The van der Waals surface area contributed by atoms with Gasteiger partial charge in [0.2, 0.25) is 0 Å². The highest BCUT2D eigenvalue weighted by Gasteiger charge is 2.22. The van der Waals surface area contributed by atoms with Crippen molar-refractivity contribution in [2.24, 2.45) is 17.6 Å². The normalized spacial score (nSPS) is 19.3. The highest BCUT2D eigenvalue weighted by Crippen LogP contribution is 2.37. The maximum Gasteiger partial charge on any atom is 0.138 e. The summed E-state index contributed by atoms with van der Waals surface area (Å²) in [6.45, 7) is 10.4. The lowest BCUT2D eigenvalue weighted by Crippen LogP contribution is -2.30. The van der Waals surface area contributed by atoms with Gasteiger partial charge in [-0.1, -0.05) is 44.2 Å². The summed E-state index contributed by atoms with van der Waals surface area (Å²) in [4.78, 5) is 11.0. The molecule has 0 radical (unpaired) electrons. The predicted molar refractivity (Wildman–Crippen MR) is 192 cm³/mol. The van der Waals surface area contributed by atoms with E-state index < -0.39 is 0 Å². The Hall–Kier alpha value is -3.49. The first kappa shape index (κ1) is 33.4. The van der Waals surface area contributed by atoms with Crippen LogP contribution in [0.1, 0.15) is 61.3 Å². The summed E-state index contributed by atoms with van der Waals surface area (Å²) in [7, 11) is 2.25. The largest absolute Gasteiger partial charge is 0.491 e. The molecule has 1 aromatic heterocycles. The van der Waals surface area contributed by atoms with Crippen LogP contribution in [0.3, 0.4) is 0 Å². The molecular weight excluding hydrogens is 584 g/mol. The molecule has 1 aliphatic heterocycles. The number of aromatic nitrogens is 2. The number of hydrogen-bond acceptors (Lipinski definition) is 6. The first-order valence-corrected chi connectivity index (χ1v) is 17.6. The summed E-state index contributed by atoms with van der Waals surface area (Å²) in [6, 6.07) is 22.1. The van der Waals surface area contributed by atoms with E-state index in [1.54, 1.807) is 5.56 Å². The maximum absolute atomic E-state index is 5.84. The van der Waals surface area contributed by atoms with Crippen molar-refractivity contribution in [3.63, 3.8) is 0 Å². The van der Waals surface area contributed by atoms with Crippen molar-refractivity contribution in [3.05, 3.63) is 89.0 Å². The standard InChI is InChI=1S/C40H52N4O3/c1-28-4-12-36(29(2)24-33-6-5-31(26-37(28)33)25-30-14-17-44(3)18-15-30)34-9-13-38-39(27-34)43-40(42-38)32-7-10-35(11-8-32)47-23-22-46-21-20-45-19-16-41/h5-13,26-30H,4,14-25,41H2,1-3H3,(H,42,43). The van der Waals surface area contributed by atoms with Gasteiger partial charge in [0.1, 0.15) is 18.2 Å². The van der Waals surface area contributed by atoms with Crippen molar-refractivity contribution >= 4 is 16.6 Å². The van der Waals surface area contributed by atoms with Crippen LogP contribution in [0.5, 0.6) is 5.75 Å². The van der Waals surface area contributed by atoms with Crippen LogP contribution in [-0.2, 0) is 22.3 Å². The quantitative estimate of drug-likeness (QED) is 0.150. The van der Waals surface area contributed by atoms with Crippen LogP contribution in [0.2, 0.25) is 0 Å². The number of benzene rings is 3. The van der Waals surface area contributed by atoms with Gasteiger partial charge in [-0.3, -0.25) is 0 Å². The Kier molecular flexibility index (Phi) is 11.4. The lowest BCUT2D eigenvalue weighted by Gasteiger charge is -2.29. The third-order valence-electron chi connectivity index (χ3n) is 9.93. The summed E-state index contributed by atoms with van der Waals surface area (Å²) >= 11 is 0. The van der Waals surface area contributed by atoms with E-state index in [4.69, 9.17) is 24.9 Å². The van der Waals surface area contributed by atoms with Gasteiger partial charge in [-0.05, 0) is 134 Å². The molecule has 2 atom stereocenters. The van der Waals surface area contributed by atoms with Crippen LogP contribution < -0.4 is 10.5 Å². The van der Waals surface area contributed by atoms with Gasteiger partial charge in [0.15, 0.2) is 0 Å². The molecule has 2 unspecified atom stereocenters. The maximum atomic E-state index is 5.84. The number of ether oxygens (including phenoxy) is 3. The minimum Gasteiger partial charge on any atom is -0.491 e. The zero-order chi connectivity index (χ0) is 32.6. The number of hydrogen-bond donors (Lipinski definition) is 2. The molecule has 1 fully saturated rings. The van der Waals surface area contributed by atoms with E-state index in [0.717, 1.165) is 46.9 Å². The molecule has 3 aromatic carbocycles. The Morgan fingerprint density at radius 2 is 1.60 bits per heavy atom.